The second-order valence-electron chi connectivity index (χ2n) is 6.51. The van der Waals surface area contributed by atoms with Crippen LogP contribution in [0.1, 0.15) is 37.3 Å². The number of hydrogen-bond acceptors (Lipinski definition) is 6. The van der Waals surface area contributed by atoms with Crippen molar-refractivity contribution in [3.05, 3.63) is 75.9 Å². The van der Waals surface area contributed by atoms with Crippen molar-refractivity contribution < 1.29 is 18.6 Å². The third-order valence-electron chi connectivity index (χ3n) is 4.32. The number of carbonyl (C=O) groups is 1. The quantitative estimate of drug-likeness (QED) is 0.454. The first-order valence-corrected chi connectivity index (χ1v) is 9.04. The predicted molar refractivity (Wildman–Crippen MR) is 102 cm³/mol. The summed E-state index contributed by atoms with van der Waals surface area (Å²) in [4.78, 5) is 26.8. The lowest BCUT2D eigenvalue weighted by Gasteiger charge is -2.14. The van der Waals surface area contributed by atoms with Gasteiger partial charge in [0.05, 0.1) is 11.0 Å². The van der Waals surface area contributed by atoms with Gasteiger partial charge in [0.25, 0.3) is 5.69 Å². The Labute approximate surface area is 165 Å². The van der Waals surface area contributed by atoms with E-state index in [1.54, 1.807) is 31.2 Å². The molecule has 150 valence electrons. The molecule has 3 aromatic rings. The lowest BCUT2D eigenvalue weighted by Crippen LogP contribution is -2.26. The smallest absolute Gasteiger partial charge is 0.269 e. The molecule has 0 aliphatic heterocycles. The molecule has 29 heavy (non-hydrogen) atoms. The standard InChI is InChI=1S/C20H19FN4O4/c1-13(15-4-2-5-17(12-15)25(27)28)22-18(26)6-3-7-19-23-20(24-29-19)14-8-10-16(21)11-9-14/h2,4-5,8-13H,3,6-7H2,1H3,(H,22,26). The maximum absolute atomic E-state index is 13.0. The lowest BCUT2D eigenvalue weighted by molar-refractivity contribution is -0.384. The molecule has 9 heteroatoms. The van der Waals surface area contributed by atoms with Crippen LogP contribution in [-0.4, -0.2) is 21.0 Å². The number of amides is 1. The molecule has 0 bridgehead atoms. The summed E-state index contributed by atoms with van der Waals surface area (Å²) >= 11 is 0. The van der Waals surface area contributed by atoms with E-state index in [1.165, 1.54) is 24.3 Å². The van der Waals surface area contributed by atoms with Crippen LogP contribution in [0.25, 0.3) is 11.4 Å². The molecular formula is C20H19FN4O4. The number of carbonyl (C=O) groups excluding carboxylic acids is 1. The number of non-ortho nitro benzene ring substituents is 1. The number of aryl methyl sites for hydroxylation is 1. The lowest BCUT2D eigenvalue weighted by atomic mass is 10.1. The van der Waals surface area contributed by atoms with Crippen molar-refractivity contribution in [2.24, 2.45) is 0 Å². The van der Waals surface area contributed by atoms with Gasteiger partial charge in [0.15, 0.2) is 0 Å². The topological polar surface area (TPSA) is 111 Å². The van der Waals surface area contributed by atoms with Gasteiger partial charge in [-0.1, -0.05) is 17.3 Å². The van der Waals surface area contributed by atoms with Gasteiger partial charge in [0.1, 0.15) is 5.82 Å². The number of aromatic nitrogens is 2. The second-order valence-corrected chi connectivity index (χ2v) is 6.51. The first-order chi connectivity index (χ1) is 13.9. The van der Waals surface area contributed by atoms with Crippen LogP contribution in [0.15, 0.2) is 53.1 Å². The highest BCUT2D eigenvalue weighted by Gasteiger charge is 2.14. The first kappa shape index (κ1) is 20.1. The van der Waals surface area contributed by atoms with Crippen molar-refractivity contribution >= 4 is 11.6 Å². The van der Waals surface area contributed by atoms with Gasteiger partial charge in [0.2, 0.25) is 17.6 Å². The maximum Gasteiger partial charge on any atom is 0.269 e. The molecule has 0 aliphatic carbocycles. The van der Waals surface area contributed by atoms with Gasteiger partial charge in [-0.25, -0.2) is 4.39 Å². The van der Waals surface area contributed by atoms with Crippen LogP contribution in [0.4, 0.5) is 10.1 Å². The Bertz CT molecular complexity index is 1000. The van der Waals surface area contributed by atoms with E-state index in [0.717, 1.165) is 0 Å². The average Bonchev–Trinajstić information content (AvgIpc) is 3.17. The number of nitrogens with zero attached hydrogens (tertiary/aromatic N) is 3. The molecule has 0 spiro atoms. The van der Waals surface area contributed by atoms with Gasteiger partial charge in [-0.05, 0) is 43.2 Å². The number of rotatable bonds is 8. The molecule has 2 aromatic carbocycles. The molecule has 3 rings (SSSR count). The van der Waals surface area contributed by atoms with Crippen molar-refractivity contribution in [1.29, 1.82) is 0 Å². The average molecular weight is 398 g/mol. The maximum atomic E-state index is 13.0. The highest BCUT2D eigenvalue weighted by molar-refractivity contribution is 5.76. The van der Waals surface area contributed by atoms with Gasteiger partial charge in [-0.3, -0.25) is 14.9 Å². The number of halogens is 1. The summed E-state index contributed by atoms with van der Waals surface area (Å²) in [6.07, 6.45) is 1.17. The molecule has 1 N–H and O–H groups in total. The van der Waals surface area contributed by atoms with Crippen LogP contribution in [0.2, 0.25) is 0 Å². The van der Waals surface area contributed by atoms with Crippen molar-refractivity contribution in [3.8, 4) is 11.4 Å². The zero-order valence-corrected chi connectivity index (χ0v) is 15.7. The van der Waals surface area contributed by atoms with E-state index in [1.807, 2.05) is 0 Å². The van der Waals surface area contributed by atoms with E-state index < -0.39 is 4.92 Å². The zero-order chi connectivity index (χ0) is 20.8. The summed E-state index contributed by atoms with van der Waals surface area (Å²) in [5.41, 5.74) is 1.29. The second kappa shape index (κ2) is 9.05. The third-order valence-corrected chi connectivity index (χ3v) is 4.32. The fourth-order valence-electron chi connectivity index (χ4n) is 2.78. The van der Waals surface area contributed by atoms with E-state index in [4.69, 9.17) is 4.52 Å². The van der Waals surface area contributed by atoms with Crippen molar-refractivity contribution in [2.75, 3.05) is 0 Å². The fraction of sp³-hybridized carbons (Fsp3) is 0.250. The van der Waals surface area contributed by atoms with Crippen LogP contribution in [0.3, 0.4) is 0 Å². The summed E-state index contributed by atoms with van der Waals surface area (Å²) in [5.74, 6) is 0.234. The van der Waals surface area contributed by atoms with Gasteiger partial charge >= 0.3 is 0 Å². The Morgan fingerprint density at radius 2 is 2.03 bits per heavy atom. The van der Waals surface area contributed by atoms with Crippen LogP contribution >= 0.6 is 0 Å². The molecule has 1 aromatic heterocycles. The van der Waals surface area contributed by atoms with Crippen LogP contribution < -0.4 is 5.32 Å². The summed E-state index contributed by atoms with van der Waals surface area (Å²) in [5, 5.41) is 17.5. The normalized spacial score (nSPS) is 11.8. The summed E-state index contributed by atoms with van der Waals surface area (Å²) in [6, 6.07) is 11.6. The predicted octanol–water partition coefficient (Wildman–Crippen LogP) is 3.98. The number of nitro groups is 1. The third kappa shape index (κ3) is 5.44. The number of benzene rings is 2. The summed E-state index contributed by atoms with van der Waals surface area (Å²) in [7, 11) is 0. The molecular weight excluding hydrogens is 379 g/mol. The van der Waals surface area contributed by atoms with Gasteiger partial charge in [-0.15, -0.1) is 0 Å². The minimum absolute atomic E-state index is 0.0167. The Morgan fingerprint density at radius 1 is 1.28 bits per heavy atom. The molecule has 0 fully saturated rings. The zero-order valence-electron chi connectivity index (χ0n) is 15.7. The number of nitrogens with one attached hydrogen (secondary N) is 1. The molecule has 8 nitrogen and oxygen atoms in total. The Balaban J connectivity index is 1.48. The minimum atomic E-state index is -0.470. The van der Waals surface area contributed by atoms with Crippen LogP contribution in [0, 0.1) is 15.9 Å². The molecule has 1 heterocycles. The van der Waals surface area contributed by atoms with E-state index in [-0.39, 0.29) is 29.9 Å². The first-order valence-electron chi connectivity index (χ1n) is 9.04. The molecule has 1 atom stereocenters. The number of nitro benzene ring substituents is 1. The SMILES string of the molecule is CC(NC(=O)CCCc1nc(-c2ccc(F)cc2)no1)c1cccc([N+](=O)[O-])c1. The summed E-state index contributed by atoms with van der Waals surface area (Å²) < 4.78 is 18.1. The molecule has 0 saturated carbocycles. The molecule has 0 aliphatic rings. The molecule has 1 unspecified atom stereocenters. The van der Waals surface area contributed by atoms with E-state index in [9.17, 15) is 19.3 Å². The van der Waals surface area contributed by atoms with Crippen molar-refractivity contribution in [1.82, 2.24) is 15.5 Å². The van der Waals surface area contributed by atoms with Crippen LogP contribution in [0.5, 0.6) is 0 Å². The Kier molecular flexibility index (Phi) is 6.28. The Morgan fingerprint density at radius 3 is 2.76 bits per heavy atom. The van der Waals surface area contributed by atoms with E-state index in [0.29, 0.717) is 35.7 Å². The van der Waals surface area contributed by atoms with Gasteiger partial charge in [0, 0.05) is 30.5 Å². The summed E-state index contributed by atoms with van der Waals surface area (Å²) in [6.45, 7) is 1.77. The molecule has 1 amide bonds. The van der Waals surface area contributed by atoms with Crippen LogP contribution in [-0.2, 0) is 11.2 Å². The van der Waals surface area contributed by atoms with Crippen molar-refractivity contribution in [2.45, 2.75) is 32.2 Å². The minimum Gasteiger partial charge on any atom is -0.350 e. The number of hydrogen-bond donors (Lipinski definition) is 1. The van der Waals surface area contributed by atoms with Gasteiger partial charge < -0.3 is 9.84 Å². The molecule has 0 radical (unpaired) electrons. The monoisotopic (exact) mass is 398 g/mol. The van der Waals surface area contributed by atoms with E-state index in [2.05, 4.69) is 15.5 Å². The van der Waals surface area contributed by atoms with E-state index >= 15 is 0 Å². The van der Waals surface area contributed by atoms with Gasteiger partial charge in [-0.2, -0.15) is 4.98 Å². The largest absolute Gasteiger partial charge is 0.350 e. The fourth-order valence-corrected chi connectivity index (χ4v) is 2.78. The highest BCUT2D eigenvalue weighted by atomic mass is 19.1. The molecule has 0 saturated heterocycles. The highest BCUT2D eigenvalue weighted by Crippen LogP contribution is 2.19. The Hall–Kier alpha value is -3.62. The van der Waals surface area contributed by atoms with Crippen molar-refractivity contribution in [3.63, 3.8) is 0 Å².